The van der Waals surface area contributed by atoms with Gasteiger partial charge in [0.1, 0.15) is 0 Å². The number of Topliss-reactive ketones (excluding diaryl/α,β-unsaturated/α-hetero) is 2. The number of nitrogens with one attached hydrogen (secondary N) is 3. The van der Waals surface area contributed by atoms with Crippen molar-refractivity contribution in [3.05, 3.63) is 71.1 Å². The van der Waals surface area contributed by atoms with E-state index in [0.717, 1.165) is 22.1 Å². The van der Waals surface area contributed by atoms with E-state index in [2.05, 4.69) is 16.0 Å². The van der Waals surface area contributed by atoms with E-state index in [9.17, 15) is 24.0 Å². The van der Waals surface area contributed by atoms with Crippen molar-refractivity contribution in [3.63, 3.8) is 0 Å². The lowest BCUT2D eigenvalue weighted by molar-refractivity contribution is -0.141. The van der Waals surface area contributed by atoms with Crippen molar-refractivity contribution >= 4 is 50.7 Å². The number of carbonyl (C=O) groups is 5. The quantitative estimate of drug-likeness (QED) is 0.206. The summed E-state index contributed by atoms with van der Waals surface area (Å²) in [6, 6.07) is 17.6. The van der Waals surface area contributed by atoms with Crippen LogP contribution in [0.4, 0.5) is 0 Å². The summed E-state index contributed by atoms with van der Waals surface area (Å²) < 4.78 is 0.999. The van der Waals surface area contributed by atoms with Gasteiger partial charge in [0.05, 0.1) is 10.9 Å². The molecule has 3 N–H and O–H groups in total. The van der Waals surface area contributed by atoms with Crippen LogP contribution in [-0.2, 0) is 25.7 Å². The van der Waals surface area contributed by atoms with Crippen molar-refractivity contribution in [2.24, 2.45) is 17.8 Å². The molecule has 0 spiro atoms. The number of rotatable bonds is 13. The molecule has 0 unspecified atom stereocenters. The number of piperidine rings is 1. The van der Waals surface area contributed by atoms with Gasteiger partial charge in [0, 0.05) is 36.0 Å². The van der Waals surface area contributed by atoms with Gasteiger partial charge in [-0.3, -0.25) is 24.0 Å². The number of ketones is 2. The zero-order chi connectivity index (χ0) is 29.4. The Kier molecular flexibility index (Phi) is 10.4. The van der Waals surface area contributed by atoms with E-state index < -0.39 is 35.5 Å². The Morgan fingerprint density at radius 1 is 1.02 bits per heavy atom. The highest BCUT2D eigenvalue weighted by molar-refractivity contribution is 7.20. The molecule has 3 amide bonds. The first-order valence-corrected chi connectivity index (χ1v) is 15.0. The van der Waals surface area contributed by atoms with Crippen molar-refractivity contribution in [2.45, 2.75) is 58.5 Å². The summed E-state index contributed by atoms with van der Waals surface area (Å²) in [5, 5.41) is 9.19. The molecule has 41 heavy (non-hydrogen) atoms. The van der Waals surface area contributed by atoms with Crippen LogP contribution in [0.5, 0.6) is 0 Å². The first-order chi connectivity index (χ1) is 19.7. The minimum absolute atomic E-state index is 0.0120. The fourth-order valence-corrected chi connectivity index (χ4v) is 6.20. The molecular formula is C32H37N3O5S. The van der Waals surface area contributed by atoms with Gasteiger partial charge in [-0.25, -0.2) is 0 Å². The first-order valence-electron chi connectivity index (χ1n) is 14.2. The second-order valence-electron chi connectivity index (χ2n) is 11.1. The molecule has 1 aliphatic rings. The molecule has 1 fully saturated rings. The molecule has 0 aliphatic carbocycles. The number of carbonyl (C=O) groups excluding carboxylic acids is 5. The summed E-state index contributed by atoms with van der Waals surface area (Å²) in [5.41, 5.74) is 0.831. The van der Waals surface area contributed by atoms with Gasteiger partial charge in [-0.1, -0.05) is 62.4 Å². The third-order valence-corrected chi connectivity index (χ3v) is 8.49. The van der Waals surface area contributed by atoms with Gasteiger partial charge in [0.25, 0.3) is 5.91 Å². The summed E-state index contributed by atoms with van der Waals surface area (Å²) >= 11 is 1.40. The Morgan fingerprint density at radius 3 is 2.46 bits per heavy atom. The molecule has 2 aromatic carbocycles. The van der Waals surface area contributed by atoms with Crippen LogP contribution in [0.25, 0.3) is 10.1 Å². The van der Waals surface area contributed by atoms with Crippen LogP contribution in [0.2, 0.25) is 0 Å². The highest BCUT2D eigenvalue weighted by Gasteiger charge is 2.35. The Morgan fingerprint density at radius 2 is 1.76 bits per heavy atom. The highest BCUT2D eigenvalue weighted by Crippen LogP contribution is 2.28. The Hall–Kier alpha value is -3.85. The summed E-state index contributed by atoms with van der Waals surface area (Å²) in [6.07, 6.45) is 1.77. The monoisotopic (exact) mass is 575 g/mol. The number of fused-ring (bicyclic) bond motifs is 1. The van der Waals surface area contributed by atoms with E-state index in [1.165, 1.54) is 11.3 Å². The molecule has 3 atom stereocenters. The SMILES string of the molecule is CC(C)C[C@H](CC(=O)c1cc2ccccc2s1)C(=O)N[C@@H](C[C@@H]1CCCNC1=O)C(=O)C(=O)NCc1ccccc1. The van der Waals surface area contributed by atoms with Crippen LogP contribution in [0.3, 0.4) is 0 Å². The molecule has 1 aromatic heterocycles. The van der Waals surface area contributed by atoms with E-state index in [-0.39, 0.29) is 37.0 Å². The second-order valence-corrected chi connectivity index (χ2v) is 12.1. The van der Waals surface area contributed by atoms with Gasteiger partial charge < -0.3 is 16.0 Å². The lowest BCUT2D eigenvalue weighted by Gasteiger charge is -2.27. The van der Waals surface area contributed by atoms with Crippen LogP contribution >= 0.6 is 11.3 Å². The molecule has 1 saturated heterocycles. The van der Waals surface area contributed by atoms with Crippen LogP contribution in [0.1, 0.15) is 61.2 Å². The van der Waals surface area contributed by atoms with E-state index in [0.29, 0.717) is 24.3 Å². The van der Waals surface area contributed by atoms with Gasteiger partial charge >= 0.3 is 0 Å². The molecule has 8 nitrogen and oxygen atoms in total. The normalized spacial score (nSPS) is 16.6. The smallest absolute Gasteiger partial charge is 0.289 e. The van der Waals surface area contributed by atoms with Gasteiger partial charge in [0.15, 0.2) is 5.78 Å². The number of benzene rings is 2. The molecule has 0 bridgehead atoms. The molecule has 216 valence electrons. The summed E-state index contributed by atoms with van der Waals surface area (Å²) in [5.74, 6) is -3.47. The Bertz CT molecular complexity index is 1370. The maximum Gasteiger partial charge on any atom is 0.289 e. The number of hydrogen-bond donors (Lipinski definition) is 3. The van der Waals surface area contributed by atoms with Crippen LogP contribution < -0.4 is 16.0 Å². The third kappa shape index (κ3) is 8.33. The molecular weight excluding hydrogens is 538 g/mol. The van der Waals surface area contributed by atoms with Crippen LogP contribution in [0, 0.1) is 17.8 Å². The van der Waals surface area contributed by atoms with Crippen molar-refractivity contribution in [1.82, 2.24) is 16.0 Å². The standard InChI is InChI=1S/C32H37N3O5S/c1-20(2)15-24(17-26(36)28-18-22-11-6-7-13-27(22)41-28)31(39)35-25(16-23-12-8-14-33-30(23)38)29(37)32(40)34-19-21-9-4-3-5-10-21/h3-7,9-11,13,18,20,23-25H,8,12,14-17,19H2,1-2H3,(H,33,38)(H,34,40)(H,35,39)/t23-,24+,25-/m0/s1. The molecule has 4 rings (SSSR count). The Balaban J connectivity index is 1.49. The lowest BCUT2D eigenvalue weighted by Crippen LogP contribution is -2.51. The number of hydrogen-bond acceptors (Lipinski definition) is 6. The van der Waals surface area contributed by atoms with Gasteiger partial charge in [-0.2, -0.15) is 0 Å². The average Bonchev–Trinajstić information content (AvgIpc) is 3.41. The first kappa shape index (κ1) is 30.1. The lowest BCUT2D eigenvalue weighted by atomic mass is 9.88. The molecule has 1 aliphatic heterocycles. The van der Waals surface area contributed by atoms with Crippen molar-refractivity contribution in [3.8, 4) is 0 Å². The molecule has 0 saturated carbocycles. The van der Waals surface area contributed by atoms with E-state index in [4.69, 9.17) is 0 Å². The summed E-state index contributed by atoms with van der Waals surface area (Å²) in [4.78, 5) is 66.2. The molecule has 0 radical (unpaired) electrons. The predicted molar refractivity (Wildman–Crippen MR) is 159 cm³/mol. The predicted octanol–water partition coefficient (Wildman–Crippen LogP) is 4.42. The third-order valence-electron chi connectivity index (χ3n) is 7.33. The molecule has 2 heterocycles. The second kappa shape index (κ2) is 14.2. The minimum atomic E-state index is -1.18. The highest BCUT2D eigenvalue weighted by atomic mass is 32.1. The Labute approximate surface area is 244 Å². The maximum atomic E-state index is 13.6. The number of thiophene rings is 1. The van der Waals surface area contributed by atoms with E-state index in [1.54, 1.807) is 0 Å². The zero-order valence-corrected chi connectivity index (χ0v) is 24.3. The van der Waals surface area contributed by atoms with Gasteiger partial charge in [-0.05, 0) is 54.7 Å². The minimum Gasteiger partial charge on any atom is -0.356 e. The number of amides is 3. The van der Waals surface area contributed by atoms with Crippen LogP contribution in [0.15, 0.2) is 60.7 Å². The molecule has 3 aromatic rings. The topological polar surface area (TPSA) is 121 Å². The summed E-state index contributed by atoms with van der Waals surface area (Å²) in [7, 11) is 0. The van der Waals surface area contributed by atoms with Crippen molar-refractivity contribution < 1.29 is 24.0 Å². The van der Waals surface area contributed by atoms with Gasteiger partial charge in [0.2, 0.25) is 17.6 Å². The van der Waals surface area contributed by atoms with Crippen molar-refractivity contribution in [2.75, 3.05) is 6.54 Å². The van der Waals surface area contributed by atoms with E-state index >= 15 is 0 Å². The van der Waals surface area contributed by atoms with Crippen LogP contribution in [-0.4, -0.2) is 41.9 Å². The largest absolute Gasteiger partial charge is 0.356 e. The fourth-order valence-electron chi connectivity index (χ4n) is 5.19. The van der Waals surface area contributed by atoms with Gasteiger partial charge in [-0.15, -0.1) is 11.3 Å². The van der Waals surface area contributed by atoms with Crippen molar-refractivity contribution in [1.29, 1.82) is 0 Å². The summed E-state index contributed by atoms with van der Waals surface area (Å²) in [6.45, 7) is 4.66. The fraction of sp³-hybridized carbons (Fsp3) is 0.406. The maximum absolute atomic E-state index is 13.6. The van der Waals surface area contributed by atoms with E-state index in [1.807, 2.05) is 74.5 Å². The average molecular weight is 576 g/mol. The zero-order valence-electron chi connectivity index (χ0n) is 23.5. The molecule has 9 heteroatoms.